The van der Waals surface area contributed by atoms with Gasteiger partial charge in [-0.05, 0) is 45.1 Å². The molecular weight excluding hydrogens is 311 g/mol. The summed E-state index contributed by atoms with van der Waals surface area (Å²) in [4.78, 5) is 16.3. The van der Waals surface area contributed by atoms with Gasteiger partial charge in [0, 0.05) is 19.1 Å². The van der Waals surface area contributed by atoms with E-state index >= 15 is 0 Å². The molecule has 0 radical (unpaired) electrons. The van der Waals surface area contributed by atoms with Crippen molar-refractivity contribution in [2.24, 2.45) is 0 Å². The fourth-order valence-corrected chi connectivity index (χ4v) is 2.86. The van der Waals surface area contributed by atoms with Gasteiger partial charge in [0.15, 0.2) is 0 Å². The van der Waals surface area contributed by atoms with Gasteiger partial charge in [0.1, 0.15) is 18.5 Å². The van der Waals surface area contributed by atoms with Gasteiger partial charge in [0.25, 0.3) is 0 Å². The molecule has 3 rings (SSSR count). The summed E-state index contributed by atoms with van der Waals surface area (Å²) in [5, 5.41) is 10.1. The van der Waals surface area contributed by atoms with Crippen LogP contribution in [0.15, 0.2) is 30.9 Å². The Kier molecular flexibility index (Phi) is 4.75. The van der Waals surface area contributed by atoms with E-state index in [0.717, 1.165) is 12.8 Å². The summed E-state index contributed by atoms with van der Waals surface area (Å²) in [6.07, 6.45) is 5.05. The number of piperidine rings is 1. The first kappa shape index (κ1) is 16.4. The van der Waals surface area contributed by atoms with E-state index in [0.29, 0.717) is 24.8 Å². The number of amides is 2. The van der Waals surface area contributed by atoms with E-state index < -0.39 is 5.82 Å². The minimum absolute atomic E-state index is 0.151. The van der Waals surface area contributed by atoms with Crippen LogP contribution in [0.3, 0.4) is 0 Å². The number of hydrogen-bond acceptors (Lipinski definition) is 4. The number of likely N-dealkylation sites (tertiary alicyclic amines) is 1. The van der Waals surface area contributed by atoms with Crippen molar-refractivity contribution in [2.45, 2.75) is 18.9 Å². The number of benzene rings is 1. The van der Waals surface area contributed by atoms with Gasteiger partial charge >= 0.3 is 6.03 Å². The number of likely N-dealkylation sites (N-methyl/N-ethyl adjacent to an activating group) is 1. The molecule has 24 heavy (non-hydrogen) atoms. The lowest BCUT2D eigenvalue weighted by Gasteiger charge is -2.36. The van der Waals surface area contributed by atoms with Gasteiger partial charge in [-0.25, -0.2) is 9.18 Å². The molecule has 8 heteroatoms. The number of carbonyl (C=O) groups is 1. The molecule has 0 spiro atoms. The predicted molar refractivity (Wildman–Crippen MR) is 88.6 cm³/mol. The molecule has 2 aromatic rings. The van der Waals surface area contributed by atoms with Crippen LogP contribution in [0, 0.1) is 5.82 Å². The highest BCUT2D eigenvalue weighted by Gasteiger charge is 2.25. The predicted octanol–water partition coefficient (Wildman–Crippen LogP) is 1.96. The largest absolute Gasteiger partial charge is 0.323 e. The number of rotatable bonds is 3. The highest BCUT2D eigenvalue weighted by molar-refractivity contribution is 5.89. The number of hydrogen-bond donors (Lipinski definition) is 1. The lowest BCUT2D eigenvalue weighted by Crippen LogP contribution is -2.48. The first-order chi connectivity index (χ1) is 11.5. The Morgan fingerprint density at radius 3 is 2.79 bits per heavy atom. The molecule has 1 aliphatic rings. The van der Waals surface area contributed by atoms with Crippen LogP contribution in [0.5, 0.6) is 0 Å². The van der Waals surface area contributed by atoms with Crippen LogP contribution in [-0.4, -0.2) is 63.8 Å². The fourth-order valence-electron chi connectivity index (χ4n) is 2.86. The molecule has 1 aromatic carbocycles. The van der Waals surface area contributed by atoms with Crippen LogP contribution in [-0.2, 0) is 0 Å². The summed E-state index contributed by atoms with van der Waals surface area (Å²) in [5.74, 6) is -0.471. The third-order valence-corrected chi connectivity index (χ3v) is 4.32. The molecular formula is C16H21FN6O. The van der Waals surface area contributed by atoms with Crippen molar-refractivity contribution in [3.63, 3.8) is 0 Å². The van der Waals surface area contributed by atoms with Crippen molar-refractivity contribution in [1.82, 2.24) is 24.6 Å². The third kappa shape index (κ3) is 3.53. The smallest absolute Gasteiger partial charge is 0.321 e. The van der Waals surface area contributed by atoms with E-state index in [4.69, 9.17) is 0 Å². The van der Waals surface area contributed by atoms with Crippen LogP contribution in [0.4, 0.5) is 14.9 Å². The molecule has 1 aromatic heterocycles. The maximum atomic E-state index is 14.1. The minimum atomic E-state index is -0.471. The van der Waals surface area contributed by atoms with E-state index in [1.54, 1.807) is 21.6 Å². The van der Waals surface area contributed by atoms with Gasteiger partial charge in [0.05, 0.1) is 11.4 Å². The number of anilines is 1. The van der Waals surface area contributed by atoms with Gasteiger partial charge in [-0.15, -0.1) is 10.2 Å². The molecule has 0 aliphatic carbocycles. The zero-order valence-corrected chi connectivity index (χ0v) is 13.8. The van der Waals surface area contributed by atoms with Crippen molar-refractivity contribution < 1.29 is 9.18 Å². The maximum Gasteiger partial charge on any atom is 0.321 e. The molecule has 7 nitrogen and oxygen atoms in total. The Hall–Kier alpha value is -2.48. The molecule has 0 unspecified atom stereocenters. The number of carbonyl (C=O) groups excluding carboxylic acids is 1. The lowest BCUT2D eigenvalue weighted by atomic mass is 10.1. The Labute approximate surface area is 140 Å². The summed E-state index contributed by atoms with van der Waals surface area (Å²) in [6, 6.07) is 4.56. The molecule has 2 heterocycles. The number of aromatic nitrogens is 3. The van der Waals surface area contributed by atoms with Gasteiger partial charge in [-0.2, -0.15) is 0 Å². The van der Waals surface area contributed by atoms with Crippen molar-refractivity contribution in [2.75, 3.05) is 32.5 Å². The Bertz CT molecular complexity index is 703. The van der Waals surface area contributed by atoms with Gasteiger partial charge in [-0.1, -0.05) is 0 Å². The topological polar surface area (TPSA) is 66.3 Å². The van der Waals surface area contributed by atoms with E-state index in [9.17, 15) is 9.18 Å². The molecule has 128 valence electrons. The molecule has 2 amide bonds. The quantitative estimate of drug-likeness (QED) is 0.933. The van der Waals surface area contributed by atoms with Crippen LogP contribution in [0.25, 0.3) is 5.69 Å². The number of nitrogens with zero attached hydrogens (tertiary/aromatic N) is 5. The van der Waals surface area contributed by atoms with Crippen molar-refractivity contribution in [1.29, 1.82) is 0 Å². The monoisotopic (exact) mass is 332 g/mol. The van der Waals surface area contributed by atoms with Crippen LogP contribution in [0.2, 0.25) is 0 Å². The molecule has 1 fully saturated rings. The van der Waals surface area contributed by atoms with E-state index in [1.807, 2.05) is 14.1 Å². The van der Waals surface area contributed by atoms with Crippen molar-refractivity contribution in [3.8, 4) is 5.69 Å². The first-order valence-electron chi connectivity index (χ1n) is 7.91. The first-order valence-corrected chi connectivity index (χ1v) is 7.91. The highest BCUT2D eigenvalue weighted by atomic mass is 19.1. The van der Waals surface area contributed by atoms with Crippen LogP contribution in [0.1, 0.15) is 12.8 Å². The normalized spacial score (nSPS) is 18.0. The van der Waals surface area contributed by atoms with E-state index in [2.05, 4.69) is 20.4 Å². The average Bonchev–Trinajstić information content (AvgIpc) is 3.11. The van der Waals surface area contributed by atoms with Crippen molar-refractivity contribution in [3.05, 3.63) is 36.7 Å². The minimum Gasteiger partial charge on any atom is -0.323 e. The second-order valence-corrected chi connectivity index (χ2v) is 6.17. The van der Waals surface area contributed by atoms with Gasteiger partial charge in [0.2, 0.25) is 0 Å². The summed E-state index contributed by atoms with van der Waals surface area (Å²) in [6.45, 7) is 1.33. The zero-order valence-electron chi connectivity index (χ0n) is 13.8. The average molecular weight is 332 g/mol. The Balaban J connectivity index is 1.73. The van der Waals surface area contributed by atoms with Gasteiger partial charge < -0.3 is 15.1 Å². The Morgan fingerprint density at radius 2 is 2.08 bits per heavy atom. The SMILES string of the molecule is CN(C)[C@@H]1CCCN(C(=O)Nc2cc(-n3cnnc3)ccc2F)C1. The number of halogens is 1. The van der Waals surface area contributed by atoms with Crippen LogP contribution >= 0.6 is 0 Å². The molecule has 1 saturated heterocycles. The van der Waals surface area contributed by atoms with E-state index in [-0.39, 0.29) is 11.7 Å². The lowest BCUT2D eigenvalue weighted by molar-refractivity contribution is 0.148. The molecule has 0 bridgehead atoms. The molecule has 1 aliphatic heterocycles. The summed E-state index contributed by atoms with van der Waals surface area (Å²) in [5.41, 5.74) is 0.833. The standard InChI is InChI=1S/C16H21FN6O/c1-21(2)13-4-3-7-22(9-13)16(24)20-15-8-12(5-6-14(15)17)23-10-18-19-11-23/h5-6,8,10-11,13H,3-4,7,9H2,1-2H3,(H,20,24)/t13-/m1/s1. The van der Waals surface area contributed by atoms with E-state index in [1.165, 1.54) is 18.7 Å². The second-order valence-electron chi connectivity index (χ2n) is 6.17. The number of nitrogens with one attached hydrogen (secondary N) is 1. The Morgan fingerprint density at radius 1 is 1.33 bits per heavy atom. The van der Waals surface area contributed by atoms with Crippen molar-refractivity contribution >= 4 is 11.7 Å². The fraction of sp³-hybridized carbons (Fsp3) is 0.438. The third-order valence-electron chi connectivity index (χ3n) is 4.32. The zero-order chi connectivity index (χ0) is 17.1. The molecule has 0 saturated carbocycles. The number of urea groups is 1. The summed E-state index contributed by atoms with van der Waals surface area (Å²) < 4.78 is 15.7. The second kappa shape index (κ2) is 6.96. The maximum absolute atomic E-state index is 14.1. The van der Waals surface area contributed by atoms with Crippen LogP contribution < -0.4 is 5.32 Å². The van der Waals surface area contributed by atoms with Gasteiger partial charge in [-0.3, -0.25) is 4.57 Å². The summed E-state index contributed by atoms with van der Waals surface area (Å²) in [7, 11) is 4.02. The summed E-state index contributed by atoms with van der Waals surface area (Å²) >= 11 is 0. The highest BCUT2D eigenvalue weighted by Crippen LogP contribution is 2.20. The molecule has 1 atom stereocenters. The molecule has 1 N–H and O–H groups in total.